The molecule has 0 atom stereocenters. The summed E-state index contributed by atoms with van der Waals surface area (Å²) in [4.78, 5) is 34.6. The van der Waals surface area contributed by atoms with Gasteiger partial charge < -0.3 is 20.1 Å². The molecule has 0 bridgehead atoms. The maximum absolute atomic E-state index is 12.8. The highest BCUT2D eigenvalue weighted by Crippen LogP contribution is 2.42. The number of dihydropyridines is 1. The molecule has 0 aliphatic carbocycles. The number of ether oxygens (including phenoxy) is 2. The maximum Gasteiger partial charge on any atom is 0.336 e. The molecular formula is C25H24N4O4S. The number of aromatic nitrogens is 2. The van der Waals surface area contributed by atoms with Gasteiger partial charge in [0.25, 0.3) is 0 Å². The second-order valence-corrected chi connectivity index (χ2v) is 8.44. The van der Waals surface area contributed by atoms with E-state index in [4.69, 9.17) is 9.47 Å². The molecule has 0 fully saturated rings. The molecule has 4 rings (SSSR count). The van der Waals surface area contributed by atoms with E-state index in [1.807, 2.05) is 47.8 Å². The van der Waals surface area contributed by atoms with Crippen LogP contribution in [0, 0.1) is 0 Å². The van der Waals surface area contributed by atoms with Crippen LogP contribution in [0.25, 0.3) is 11.4 Å². The number of hydrogen-bond donors (Lipinski definition) is 2. The first-order valence-electron chi connectivity index (χ1n) is 10.5. The number of rotatable bonds is 6. The van der Waals surface area contributed by atoms with E-state index in [2.05, 4.69) is 20.6 Å². The summed E-state index contributed by atoms with van der Waals surface area (Å²) in [6.45, 7) is 3.57. The first-order valence-corrected chi connectivity index (χ1v) is 11.4. The Labute approximate surface area is 201 Å². The van der Waals surface area contributed by atoms with Gasteiger partial charge in [0, 0.05) is 28.7 Å². The van der Waals surface area contributed by atoms with Crippen LogP contribution in [0.2, 0.25) is 0 Å². The van der Waals surface area contributed by atoms with Gasteiger partial charge in [-0.15, -0.1) is 11.3 Å². The number of anilines is 2. The van der Waals surface area contributed by atoms with Crippen LogP contribution in [0.3, 0.4) is 0 Å². The third-order valence-electron chi connectivity index (χ3n) is 5.52. The molecule has 1 aromatic carbocycles. The normalized spacial score (nSPS) is 14.0. The van der Waals surface area contributed by atoms with E-state index in [0.29, 0.717) is 33.4 Å². The number of methoxy groups -OCH3 is 2. The lowest BCUT2D eigenvalue weighted by Gasteiger charge is -2.31. The highest BCUT2D eigenvalue weighted by Gasteiger charge is 2.38. The van der Waals surface area contributed by atoms with Crippen molar-refractivity contribution in [2.75, 3.05) is 19.5 Å². The van der Waals surface area contributed by atoms with Crippen LogP contribution in [0.1, 0.15) is 25.3 Å². The van der Waals surface area contributed by atoms with Gasteiger partial charge in [-0.3, -0.25) is 4.98 Å². The lowest BCUT2D eigenvalue weighted by Crippen LogP contribution is -2.32. The molecule has 9 heteroatoms. The molecule has 1 aliphatic rings. The Kier molecular flexibility index (Phi) is 6.74. The number of pyridine rings is 1. The number of para-hydroxylation sites is 1. The van der Waals surface area contributed by atoms with Crippen molar-refractivity contribution in [3.63, 3.8) is 0 Å². The third kappa shape index (κ3) is 4.42. The van der Waals surface area contributed by atoms with Gasteiger partial charge in [0.05, 0.1) is 37.0 Å². The van der Waals surface area contributed by atoms with Gasteiger partial charge in [-0.2, -0.15) is 0 Å². The molecule has 0 unspecified atom stereocenters. The van der Waals surface area contributed by atoms with E-state index in [-0.39, 0.29) is 0 Å². The van der Waals surface area contributed by atoms with Gasteiger partial charge in [0.1, 0.15) is 5.69 Å². The Hall–Kier alpha value is -3.98. The molecule has 1 aliphatic heterocycles. The summed E-state index contributed by atoms with van der Waals surface area (Å²) < 4.78 is 10.1. The molecule has 0 saturated carbocycles. The van der Waals surface area contributed by atoms with Crippen LogP contribution in [0.4, 0.5) is 10.8 Å². The average Bonchev–Trinajstić information content (AvgIpc) is 3.32. The van der Waals surface area contributed by atoms with Crippen molar-refractivity contribution in [1.29, 1.82) is 0 Å². The average molecular weight is 477 g/mol. The highest BCUT2D eigenvalue weighted by molar-refractivity contribution is 7.14. The first-order chi connectivity index (χ1) is 16.4. The zero-order valence-corrected chi connectivity index (χ0v) is 20.0. The van der Waals surface area contributed by atoms with Gasteiger partial charge in [0.2, 0.25) is 0 Å². The van der Waals surface area contributed by atoms with Crippen molar-refractivity contribution in [2.24, 2.45) is 0 Å². The number of esters is 2. The SMILES string of the molecule is COC(=O)C1=C(C)NC(C)=C(C(=O)OC)C1c1ccccc1Nc1nc(-c2ccccn2)cs1. The molecule has 2 aromatic heterocycles. The van der Waals surface area contributed by atoms with E-state index in [0.717, 1.165) is 17.0 Å². The van der Waals surface area contributed by atoms with Crippen LogP contribution in [-0.4, -0.2) is 36.1 Å². The molecule has 34 heavy (non-hydrogen) atoms. The molecule has 0 radical (unpaired) electrons. The number of allylic oxidation sites excluding steroid dienone is 2. The Morgan fingerprint density at radius 2 is 1.59 bits per heavy atom. The molecule has 0 spiro atoms. The Bertz CT molecular complexity index is 1260. The largest absolute Gasteiger partial charge is 0.466 e. The Morgan fingerprint density at radius 1 is 0.941 bits per heavy atom. The van der Waals surface area contributed by atoms with Crippen molar-refractivity contribution in [3.05, 3.63) is 82.1 Å². The second-order valence-electron chi connectivity index (χ2n) is 7.58. The van der Waals surface area contributed by atoms with E-state index in [1.54, 1.807) is 20.0 Å². The number of carbonyl (C=O) groups excluding carboxylic acids is 2. The number of nitrogens with one attached hydrogen (secondary N) is 2. The molecule has 0 saturated heterocycles. The van der Waals surface area contributed by atoms with Crippen molar-refractivity contribution < 1.29 is 19.1 Å². The Balaban J connectivity index is 1.79. The minimum absolute atomic E-state index is 0.344. The summed E-state index contributed by atoms with van der Waals surface area (Å²) >= 11 is 1.44. The molecule has 2 N–H and O–H groups in total. The van der Waals surface area contributed by atoms with Gasteiger partial charge in [-0.05, 0) is 37.6 Å². The lowest BCUT2D eigenvalue weighted by atomic mass is 9.79. The van der Waals surface area contributed by atoms with E-state index >= 15 is 0 Å². The van der Waals surface area contributed by atoms with Crippen LogP contribution < -0.4 is 10.6 Å². The number of benzene rings is 1. The summed E-state index contributed by atoms with van der Waals surface area (Å²) in [6.07, 6.45) is 1.72. The zero-order valence-electron chi connectivity index (χ0n) is 19.2. The van der Waals surface area contributed by atoms with E-state index < -0.39 is 17.9 Å². The summed E-state index contributed by atoms with van der Waals surface area (Å²) in [5.74, 6) is -1.74. The van der Waals surface area contributed by atoms with Gasteiger partial charge in [-0.1, -0.05) is 24.3 Å². The minimum Gasteiger partial charge on any atom is -0.466 e. The molecule has 8 nitrogen and oxygen atoms in total. The smallest absolute Gasteiger partial charge is 0.336 e. The van der Waals surface area contributed by atoms with Gasteiger partial charge in [0.15, 0.2) is 5.13 Å². The molecular weight excluding hydrogens is 452 g/mol. The third-order valence-corrected chi connectivity index (χ3v) is 6.27. The number of hydrogen-bond acceptors (Lipinski definition) is 9. The van der Waals surface area contributed by atoms with Crippen LogP contribution in [0.15, 0.2) is 76.6 Å². The number of thiazole rings is 1. The number of carbonyl (C=O) groups is 2. The quantitative estimate of drug-likeness (QED) is 0.501. The maximum atomic E-state index is 12.8. The van der Waals surface area contributed by atoms with E-state index in [1.165, 1.54) is 25.6 Å². The zero-order chi connectivity index (χ0) is 24.2. The van der Waals surface area contributed by atoms with Crippen LogP contribution in [0.5, 0.6) is 0 Å². The van der Waals surface area contributed by atoms with Crippen molar-refractivity contribution >= 4 is 34.1 Å². The summed E-state index contributed by atoms with van der Waals surface area (Å²) in [5.41, 5.74) is 4.87. The predicted octanol–water partition coefficient (Wildman–Crippen LogP) is 4.53. The van der Waals surface area contributed by atoms with Crippen molar-refractivity contribution in [1.82, 2.24) is 15.3 Å². The Morgan fingerprint density at radius 3 is 2.21 bits per heavy atom. The van der Waals surface area contributed by atoms with Crippen molar-refractivity contribution in [2.45, 2.75) is 19.8 Å². The van der Waals surface area contributed by atoms with Gasteiger partial charge >= 0.3 is 11.9 Å². The van der Waals surface area contributed by atoms with E-state index in [9.17, 15) is 9.59 Å². The van der Waals surface area contributed by atoms with Crippen LogP contribution in [-0.2, 0) is 19.1 Å². The predicted molar refractivity (Wildman–Crippen MR) is 130 cm³/mol. The topological polar surface area (TPSA) is 102 Å². The second kappa shape index (κ2) is 9.88. The van der Waals surface area contributed by atoms with Crippen LogP contribution >= 0.6 is 11.3 Å². The fourth-order valence-electron chi connectivity index (χ4n) is 4.01. The molecule has 3 aromatic rings. The standard InChI is InChI=1S/C25H24N4O4S/c1-14-20(23(30)32-3)22(21(15(2)27-14)24(31)33-4)16-9-5-6-10-17(16)28-25-29-19(13-34-25)18-11-7-8-12-26-18/h5-13,22,27H,1-4H3,(H,28,29). The molecule has 3 heterocycles. The first kappa shape index (κ1) is 23.2. The molecule has 0 amide bonds. The molecule has 174 valence electrons. The summed E-state index contributed by atoms with van der Waals surface area (Å²) in [5, 5.41) is 9.05. The van der Waals surface area contributed by atoms with Crippen molar-refractivity contribution in [3.8, 4) is 11.4 Å². The monoisotopic (exact) mass is 476 g/mol. The fraction of sp³-hybridized carbons (Fsp3) is 0.200. The highest BCUT2D eigenvalue weighted by atomic mass is 32.1. The minimum atomic E-state index is -0.694. The summed E-state index contributed by atoms with van der Waals surface area (Å²) in [7, 11) is 2.64. The number of nitrogens with zero attached hydrogens (tertiary/aromatic N) is 2. The fourth-order valence-corrected chi connectivity index (χ4v) is 4.72. The van der Waals surface area contributed by atoms with Gasteiger partial charge in [-0.25, -0.2) is 14.6 Å². The summed E-state index contributed by atoms with van der Waals surface area (Å²) in [6, 6.07) is 13.2. The lowest BCUT2D eigenvalue weighted by molar-refractivity contribution is -0.137.